The van der Waals surface area contributed by atoms with E-state index in [4.69, 9.17) is 0 Å². The van der Waals surface area contributed by atoms with Gasteiger partial charge < -0.3 is 10.1 Å². The molecule has 3 aromatic heterocycles. The number of benzene rings is 2. The van der Waals surface area contributed by atoms with E-state index in [1.54, 1.807) is 11.6 Å². The maximum absolute atomic E-state index is 13.2. The number of para-hydroxylation sites is 1. The van der Waals surface area contributed by atoms with Gasteiger partial charge in [-0.25, -0.2) is 9.97 Å². The second-order valence-electron chi connectivity index (χ2n) is 6.78. The Morgan fingerprint density at radius 2 is 1.85 bits per heavy atom. The normalized spacial score (nSPS) is 12.3. The van der Waals surface area contributed by atoms with E-state index in [1.807, 2.05) is 12.1 Å². The van der Waals surface area contributed by atoms with Gasteiger partial charge in [-0.2, -0.15) is 17.6 Å². The number of halogens is 3. The van der Waals surface area contributed by atoms with Gasteiger partial charge in [-0.05, 0) is 30.3 Å². The van der Waals surface area contributed by atoms with E-state index in [0.717, 1.165) is 22.3 Å². The average molecular weight is 491 g/mol. The highest BCUT2D eigenvalue weighted by Crippen LogP contribution is 2.32. The maximum Gasteiger partial charge on any atom is 0.573 e. The molecule has 0 saturated carbocycles. The fourth-order valence-electron chi connectivity index (χ4n) is 3.20. The lowest BCUT2D eigenvalue weighted by atomic mass is 10.3. The van der Waals surface area contributed by atoms with E-state index < -0.39 is 27.0 Å². The lowest BCUT2D eigenvalue weighted by molar-refractivity contribution is -0.275. The Balaban J connectivity index is 1.55. The monoisotopic (exact) mass is 491 g/mol. The van der Waals surface area contributed by atoms with Gasteiger partial charge in [0.05, 0.1) is 27.4 Å². The summed E-state index contributed by atoms with van der Waals surface area (Å²) in [4.78, 5) is 7.80. The van der Waals surface area contributed by atoms with Crippen molar-refractivity contribution in [1.29, 1.82) is 0 Å². The summed E-state index contributed by atoms with van der Waals surface area (Å²) in [5.74, 6) is -0.526. The standard InChI is InChI=1S/C20H12F3N5O3S2/c21-20(22,23)31-16-3-1-2-4-18(16)33(29,30)28-15-8-19(24-9-12(15)10-26-28)27-13-5-6-14-17(7-13)32-11-25-14/h1-11H,(H,24,27). The molecule has 0 aliphatic rings. The van der Waals surface area contributed by atoms with Crippen LogP contribution in [-0.4, -0.2) is 33.9 Å². The Kier molecular flexibility index (Phi) is 4.94. The first-order valence-electron chi connectivity index (χ1n) is 9.25. The van der Waals surface area contributed by atoms with Gasteiger partial charge in [-0.1, -0.05) is 12.1 Å². The zero-order valence-electron chi connectivity index (χ0n) is 16.3. The summed E-state index contributed by atoms with van der Waals surface area (Å²) in [5.41, 5.74) is 3.41. The molecule has 5 aromatic rings. The van der Waals surface area contributed by atoms with Gasteiger partial charge in [0.25, 0.3) is 10.0 Å². The average Bonchev–Trinajstić information content (AvgIpc) is 3.39. The summed E-state index contributed by atoms with van der Waals surface area (Å²) in [6, 6.07) is 11.4. The molecule has 13 heteroatoms. The smallest absolute Gasteiger partial charge is 0.404 e. The van der Waals surface area contributed by atoms with Crippen LogP contribution in [0.25, 0.3) is 21.1 Å². The fourth-order valence-corrected chi connectivity index (χ4v) is 5.31. The molecule has 0 atom stereocenters. The molecule has 0 bridgehead atoms. The summed E-state index contributed by atoms with van der Waals surface area (Å²) in [6.45, 7) is 0. The molecule has 1 N–H and O–H groups in total. The van der Waals surface area contributed by atoms with Crippen molar-refractivity contribution in [1.82, 2.24) is 19.2 Å². The topological polar surface area (TPSA) is 99.0 Å². The third-order valence-electron chi connectivity index (χ3n) is 4.60. The Morgan fingerprint density at radius 3 is 2.67 bits per heavy atom. The highest BCUT2D eigenvalue weighted by molar-refractivity contribution is 7.90. The van der Waals surface area contributed by atoms with Crippen molar-refractivity contribution in [3.8, 4) is 5.75 Å². The number of anilines is 2. The van der Waals surface area contributed by atoms with Crippen molar-refractivity contribution in [2.24, 2.45) is 0 Å². The molecule has 0 unspecified atom stereocenters. The van der Waals surface area contributed by atoms with E-state index in [1.165, 1.54) is 41.9 Å². The molecular formula is C20H12F3N5O3S2. The van der Waals surface area contributed by atoms with Gasteiger partial charge in [-0.15, -0.1) is 24.5 Å². The number of nitrogens with zero attached hydrogens (tertiary/aromatic N) is 4. The zero-order chi connectivity index (χ0) is 23.2. The van der Waals surface area contributed by atoms with Crippen LogP contribution in [-0.2, 0) is 10.0 Å². The largest absolute Gasteiger partial charge is 0.573 e. The van der Waals surface area contributed by atoms with Crippen molar-refractivity contribution in [3.63, 3.8) is 0 Å². The predicted molar refractivity (Wildman–Crippen MR) is 116 cm³/mol. The molecule has 0 spiro atoms. The molecule has 33 heavy (non-hydrogen) atoms. The molecule has 0 saturated heterocycles. The number of pyridine rings is 1. The van der Waals surface area contributed by atoms with Crippen molar-refractivity contribution in [2.45, 2.75) is 11.3 Å². The molecular weight excluding hydrogens is 479 g/mol. The van der Waals surface area contributed by atoms with Gasteiger partial charge in [0.2, 0.25) is 0 Å². The summed E-state index contributed by atoms with van der Waals surface area (Å²) in [7, 11) is -4.52. The minimum absolute atomic E-state index is 0.133. The van der Waals surface area contributed by atoms with Crippen LogP contribution in [0.1, 0.15) is 0 Å². The summed E-state index contributed by atoms with van der Waals surface area (Å²) < 4.78 is 70.3. The summed E-state index contributed by atoms with van der Waals surface area (Å²) >= 11 is 1.47. The van der Waals surface area contributed by atoms with Crippen molar-refractivity contribution in [3.05, 3.63) is 66.4 Å². The van der Waals surface area contributed by atoms with Crippen LogP contribution in [0.15, 0.2) is 71.3 Å². The maximum atomic E-state index is 13.2. The first-order valence-corrected chi connectivity index (χ1v) is 11.6. The van der Waals surface area contributed by atoms with Crippen LogP contribution in [0.5, 0.6) is 5.75 Å². The van der Waals surface area contributed by atoms with Gasteiger partial charge >= 0.3 is 6.36 Å². The molecule has 0 radical (unpaired) electrons. The zero-order valence-corrected chi connectivity index (χ0v) is 17.9. The van der Waals surface area contributed by atoms with E-state index in [2.05, 4.69) is 25.1 Å². The second-order valence-corrected chi connectivity index (χ2v) is 9.40. The quantitative estimate of drug-likeness (QED) is 0.373. The van der Waals surface area contributed by atoms with Crippen LogP contribution in [0.2, 0.25) is 0 Å². The number of fused-ring (bicyclic) bond motifs is 2. The Bertz CT molecular complexity index is 1600. The minimum Gasteiger partial charge on any atom is -0.404 e. The van der Waals surface area contributed by atoms with Gasteiger partial charge in [0.1, 0.15) is 16.5 Å². The molecule has 5 rings (SSSR count). The number of hydrogen-bond acceptors (Lipinski definition) is 8. The number of thiazole rings is 1. The van der Waals surface area contributed by atoms with Crippen LogP contribution in [0.3, 0.4) is 0 Å². The van der Waals surface area contributed by atoms with Crippen molar-refractivity contribution in [2.75, 3.05) is 5.32 Å². The Hall–Kier alpha value is -3.71. The van der Waals surface area contributed by atoms with Crippen LogP contribution in [0, 0.1) is 0 Å². The molecule has 168 valence electrons. The fraction of sp³-hybridized carbons (Fsp3) is 0.0500. The molecule has 2 aromatic carbocycles. The molecule has 8 nitrogen and oxygen atoms in total. The highest BCUT2D eigenvalue weighted by atomic mass is 32.2. The minimum atomic E-state index is -5.06. The van der Waals surface area contributed by atoms with E-state index >= 15 is 0 Å². The number of aromatic nitrogens is 4. The third-order valence-corrected chi connectivity index (χ3v) is 7.03. The van der Waals surface area contributed by atoms with Gasteiger partial charge in [0, 0.05) is 23.3 Å². The number of nitrogens with one attached hydrogen (secondary N) is 1. The SMILES string of the molecule is O=S(=O)(c1ccccc1OC(F)(F)F)n1ncc2cnc(Nc3ccc4ncsc4c3)cc21. The number of alkyl halides is 3. The molecule has 3 heterocycles. The molecule has 0 fully saturated rings. The van der Waals surface area contributed by atoms with Crippen LogP contribution >= 0.6 is 11.3 Å². The molecule has 0 aliphatic heterocycles. The van der Waals surface area contributed by atoms with Crippen molar-refractivity contribution < 1.29 is 26.3 Å². The number of ether oxygens (including phenoxy) is 1. The summed E-state index contributed by atoms with van der Waals surface area (Å²) in [6.07, 6.45) is -2.38. The summed E-state index contributed by atoms with van der Waals surface area (Å²) in [5, 5.41) is 7.35. The third kappa shape index (κ3) is 4.07. The lowest BCUT2D eigenvalue weighted by Crippen LogP contribution is -2.21. The second kappa shape index (κ2) is 7.71. The predicted octanol–water partition coefficient (Wildman–Crippen LogP) is 4.92. The Morgan fingerprint density at radius 1 is 1.03 bits per heavy atom. The molecule has 0 aliphatic carbocycles. The molecule has 0 amide bonds. The number of rotatable bonds is 5. The van der Waals surface area contributed by atoms with E-state index in [-0.39, 0.29) is 5.52 Å². The first kappa shape index (κ1) is 21.2. The first-order chi connectivity index (χ1) is 15.7. The highest BCUT2D eigenvalue weighted by Gasteiger charge is 2.35. The van der Waals surface area contributed by atoms with Crippen LogP contribution in [0.4, 0.5) is 24.7 Å². The van der Waals surface area contributed by atoms with E-state index in [0.29, 0.717) is 21.0 Å². The van der Waals surface area contributed by atoms with Crippen LogP contribution < -0.4 is 10.1 Å². The number of hydrogen-bond donors (Lipinski definition) is 1. The van der Waals surface area contributed by atoms with Gasteiger partial charge in [-0.3, -0.25) is 0 Å². The van der Waals surface area contributed by atoms with E-state index in [9.17, 15) is 21.6 Å². The van der Waals surface area contributed by atoms with Crippen molar-refractivity contribution >= 4 is 54.0 Å². The Labute approximate surface area is 188 Å². The lowest BCUT2D eigenvalue weighted by Gasteiger charge is -2.14. The van der Waals surface area contributed by atoms with Gasteiger partial charge in [0.15, 0.2) is 0 Å².